The summed E-state index contributed by atoms with van der Waals surface area (Å²) in [6.45, 7) is -0.965. The van der Waals surface area contributed by atoms with E-state index in [-0.39, 0.29) is 39.2 Å². The number of aromatic carboxylic acids is 1. The van der Waals surface area contributed by atoms with Gasteiger partial charge < -0.3 is 25.1 Å². The standard InChI is InChI=1S/C24H17NO11S/c26-12-2-5-15-18(8-12)36-19-9-13(27)3-6-16(19)21(15)14-4-1-11(7-17(14)23(29)30)22(28)25-10-20(24(31)32)37(33,34)35/h1-9,20,26H,10H2,(H,25,28)(H,29,30)(H,31,32)(H,33,34,35). The lowest BCUT2D eigenvalue weighted by Crippen LogP contribution is -2.41. The van der Waals surface area contributed by atoms with Gasteiger partial charge in [-0.2, -0.15) is 8.42 Å². The van der Waals surface area contributed by atoms with E-state index in [4.69, 9.17) is 14.1 Å². The third-order valence-electron chi connectivity index (χ3n) is 5.54. The number of hydrogen-bond acceptors (Lipinski definition) is 8. The number of hydrogen-bond donors (Lipinski definition) is 5. The van der Waals surface area contributed by atoms with Crippen LogP contribution in [-0.2, 0) is 14.9 Å². The van der Waals surface area contributed by atoms with E-state index in [9.17, 15) is 37.8 Å². The maximum absolute atomic E-state index is 12.6. The molecule has 0 saturated carbocycles. The van der Waals surface area contributed by atoms with Gasteiger partial charge in [-0.1, -0.05) is 6.07 Å². The molecule has 1 unspecified atom stereocenters. The number of aliphatic carboxylic acids is 1. The number of aromatic hydroxyl groups is 1. The van der Waals surface area contributed by atoms with Gasteiger partial charge in [0, 0.05) is 40.8 Å². The minimum atomic E-state index is -5.01. The fraction of sp³-hybridized carbons (Fsp3) is 0.0833. The fourth-order valence-corrected chi connectivity index (χ4v) is 4.39. The minimum absolute atomic E-state index is 0.128. The van der Waals surface area contributed by atoms with E-state index in [1.807, 2.05) is 0 Å². The van der Waals surface area contributed by atoms with E-state index >= 15 is 0 Å². The van der Waals surface area contributed by atoms with Gasteiger partial charge in [-0.3, -0.25) is 18.9 Å². The predicted molar refractivity (Wildman–Crippen MR) is 128 cm³/mol. The molecule has 4 rings (SSSR count). The SMILES string of the molecule is O=C(NCC(C(=O)O)S(=O)(=O)O)c1ccc(-c2c3ccc(=O)cc-3oc3cc(O)ccc23)c(C(=O)O)c1. The minimum Gasteiger partial charge on any atom is -0.508 e. The van der Waals surface area contributed by atoms with Crippen LogP contribution in [0.15, 0.2) is 63.8 Å². The Labute approximate surface area is 207 Å². The van der Waals surface area contributed by atoms with Crippen LogP contribution in [0.5, 0.6) is 5.75 Å². The summed E-state index contributed by atoms with van der Waals surface area (Å²) in [5.41, 5.74) is 0.0981. The smallest absolute Gasteiger partial charge is 0.336 e. The van der Waals surface area contributed by atoms with E-state index in [1.165, 1.54) is 48.5 Å². The van der Waals surface area contributed by atoms with Crippen LogP contribution in [0, 0.1) is 0 Å². The lowest BCUT2D eigenvalue weighted by molar-refractivity contribution is -0.136. The van der Waals surface area contributed by atoms with E-state index < -0.39 is 39.8 Å². The van der Waals surface area contributed by atoms with Crippen molar-refractivity contribution in [2.45, 2.75) is 5.25 Å². The topological polar surface area (TPSA) is 209 Å². The molecule has 1 aliphatic carbocycles. The molecule has 13 heteroatoms. The molecule has 5 N–H and O–H groups in total. The van der Waals surface area contributed by atoms with Crippen LogP contribution < -0.4 is 10.7 Å². The van der Waals surface area contributed by atoms with Gasteiger partial charge in [-0.25, -0.2) is 4.79 Å². The molecule has 2 aliphatic rings. The third kappa shape index (κ3) is 4.98. The molecule has 190 valence electrons. The highest BCUT2D eigenvalue weighted by Gasteiger charge is 2.31. The van der Waals surface area contributed by atoms with Crippen molar-refractivity contribution in [1.82, 2.24) is 5.32 Å². The number of rotatable bonds is 7. The highest BCUT2D eigenvalue weighted by atomic mass is 32.2. The monoisotopic (exact) mass is 527 g/mol. The van der Waals surface area contributed by atoms with Crippen LogP contribution in [0.4, 0.5) is 0 Å². The van der Waals surface area contributed by atoms with E-state index in [0.29, 0.717) is 16.5 Å². The quantitative estimate of drug-likeness (QED) is 0.173. The van der Waals surface area contributed by atoms with Crippen molar-refractivity contribution in [3.8, 4) is 28.2 Å². The Hall–Kier alpha value is -4.75. The summed E-state index contributed by atoms with van der Waals surface area (Å²) >= 11 is 0. The first-order valence-electron chi connectivity index (χ1n) is 10.4. The summed E-state index contributed by atoms with van der Waals surface area (Å²) in [6, 6.07) is 11.7. The molecular weight excluding hydrogens is 510 g/mol. The third-order valence-corrected chi connectivity index (χ3v) is 6.63. The summed E-state index contributed by atoms with van der Waals surface area (Å²) in [5, 5.41) is 28.9. The molecule has 2 aromatic carbocycles. The number of nitrogens with one attached hydrogen (secondary N) is 1. The fourth-order valence-electron chi connectivity index (χ4n) is 3.84. The molecule has 1 aliphatic heterocycles. The number of carbonyl (C=O) groups excluding carboxylic acids is 1. The number of phenols is 1. The second-order valence-corrected chi connectivity index (χ2v) is 9.53. The summed E-state index contributed by atoms with van der Waals surface area (Å²) in [7, 11) is -5.01. The largest absolute Gasteiger partial charge is 0.508 e. The summed E-state index contributed by atoms with van der Waals surface area (Å²) in [5.74, 6) is -4.29. The van der Waals surface area contributed by atoms with Crippen molar-refractivity contribution in [1.29, 1.82) is 0 Å². The first kappa shape index (κ1) is 25.3. The summed E-state index contributed by atoms with van der Waals surface area (Å²) in [6.07, 6.45) is 0. The number of amides is 1. The van der Waals surface area contributed by atoms with E-state index in [2.05, 4.69) is 5.32 Å². The maximum atomic E-state index is 12.6. The molecule has 1 atom stereocenters. The molecule has 1 heterocycles. The van der Waals surface area contributed by atoms with Crippen molar-refractivity contribution >= 4 is 38.9 Å². The number of carboxylic acid groups (broad SMARTS) is 2. The van der Waals surface area contributed by atoms with Crippen molar-refractivity contribution < 1.29 is 47.1 Å². The molecule has 2 aromatic rings. The van der Waals surface area contributed by atoms with Crippen LogP contribution in [0.1, 0.15) is 20.7 Å². The second-order valence-electron chi connectivity index (χ2n) is 7.93. The normalized spacial score (nSPS) is 12.4. The highest BCUT2D eigenvalue weighted by molar-refractivity contribution is 7.87. The molecular formula is C24H17NO11S. The van der Waals surface area contributed by atoms with Gasteiger partial charge in [-0.15, -0.1) is 0 Å². The zero-order chi connectivity index (χ0) is 27.1. The number of fused-ring (bicyclic) bond motifs is 2. The van der Waals surface area contributed by atoms with Gasteiger partial charge in [0.25, 0.3) is 16.0 Å². The molecule has 0 saturated heterocycles. The first-order valence-corrected chi connectivity index (χ1v) is 11.9. The molecule has 0 radical (unpaired) electrons. The molecule has 0 aromatic heterocycles. The van der Waals surface area contributed by atoms with E-state index in [0.717, 1.165) is 6.07 Å². The lowest BCUT2D eigenvalue weighted by Gasteiger charge is -2.17. The van der Waals surface area contributed by atoms with Crippen molar-refractivity contribution in [2.24, 2.45) is 0 Å². The summed E-state index contributed by atoms with van der Waals surface area (Å²) in [4.78, 5) is 47.8. The van der Waals surface area contributed by atoms with Gasteiger partial charge in [0.1, 0.15) is 17.1 Å². The molecule has 0 fully saturated rings. The van der Waals surface area contributed by atoms with Crippen LogP contribution in [-0.4, -0.2) is 57.9 Å². The van der Waals surface area contributed by atoms with Crippen LogP contribution >= 0.6 is 0 Å². The number of carbonyl (C=O) groups is 3. The van der Waals surface area contributed by atoms with Crippen molar-refractivity contribution in [3.63, 3.8) is 0 Å². The lowest BCUT2D eigenvalue weighted by atomic mass is 9.90. The number of phenolic OH excluding ortho intramolecular Hbond substituents is 1. The van der Waals surface area contributed by atoms with Gasteiger partial charge in [-0.05, 0) is 42.0 Å². The zero-order valence-corrected chi connectivity index (χ0v) is 19.4. The predicted octanol–water partition coefficient (Wildman–Crippen LogP) is 2.04. The molecule has 0 spiro atoms. The van der Waals surface area contributed by atoms with E-state index in [1.54, 1.807) is 0 Å². The molecule has 12 nitrogen and oxygen atoms in total. The van der Waals surface area contributed by atoms with Gasteiger partial charge in [0.05, 0.1) is 5.56 Å². The summed E-state index contributed by atoms with van der Waals surface area (Å²) < 4.78 is 37.2. The van der Waals surface area contributed by atoms with Crippen molar-refractivity contribution in [3.05, 3.63) is 75.9 Å². The Morgan fingerprint density at radius 1 is 0.946 bits per heavy atom. The van der Waals surface area contributed by atoms with Crippen LogP contribution in [0.2, 0.25) is 0 Å². The molecule has 37 heavy (non-hydrogen) atoms. The second kappa shape index (κ2) is 9.37. The number of carboxylic acids is 2. The zero-order valence-electron chi connectivity index (χ0n) is 18.5. The first-order chi connectivity index (χ1) is 17.4. The van der Waals surface area contributed by atoms with Crippen molar-refractivity contribution in [2.75, 3.05) is 6.54 Å². The van der Waals surface area contributed by atoms with Crippen LogP contribution in [0.25, 0.3) is 33.4 Å². The average Bonchev–Trinajstić information content (AvgIpc) is 2.80. The Bertz CT molecular complexity index is 1720. The average molecular weight is 527 g/mol. The van der Waals surface area contributed by atoms with Gasteiger partial charge >= 0.3 is 11.9 Å². The maximum Gasteiger partial charge on any atom is 0.336 e. The highest BCUT2D eigenvalue weighted by Crippen LogP contribution is 2.42. The Kier molecular flexibility index (Phi) is 6.42. The van der Waals surface area contributed by atoms with Crippen LogP contribution in [0.3, 0.4) is 0 Å². The molecule has 1 amide bonds. The van der Waals surface area contributed by atoms with Gasteiger partial charge in [0.15, 0.2) is 5.43 Å². The Morgan fingerprint density at radius 3 is 2.30 bits per heavy atom. The Morgan fingerprint density at radius 2 is 1.65 bits per heavy atom. The molecule has 0 bridgehead atoms. The number of benzene rings is 3. The Balaban J connectivity index is 1.84. The van der Waals surface area contributed by atoms with Gasteiger partial charge in [0.2, 0.25) is 5.25 Å².